The summed E-state index contributed by atoms with van der Waals surface area (Å²) < 4.78 is 14.2. The van der Waals surface area contributed by atoms with E-state index in [0.717, 1.165) is 78.0 Å². The van der Waals surface area contributed by atoms with E-state index in [1.165, 1.54) is 49.0 Å². The summed E-state index contributed by atoms with van der Waals surface area (Å²) in [6.07, 6.45) is 0. The van der Waals surface area contributed by atoms with Crippen molar-refractivity contribution in [2.24, 2.45) is 0 Å². The van der Waals surface area contributed by atoms with E-state index in [1.807, 2.05) is 0 Å². The molecule has 12 aromatic rings. The highest BCUT2D eigenvalue weighted by Gasteiger charge is 2.28. The molecule has 0 saturated heterocycles. The van der Waals surface area contributed by atoms with E-state index in [4.69, 9.17) is 8.83 Å². The molecule has 0 spiro atoms. The molecule has 0 amide bonds. The van der Waals surface area contributed by atoms with Crippen LogP contribution in [-0.2, 0) is 16.2 Å². The van der Waals surface area contributed by atoms with Crippen molar-refractivity contribution in [2.75, 3.05) is 9.80 Å². The van der Waals surface area contributed by atoms with Gasteiger partial charge in [0.2, 0.25) is 0 Å². The SMILES string of the molecule is CC(C)(C)c1ccc(N(c2ccc3ccc4c(N(c5ccccc5)c5cccc6c5oc5c(C(C)(C)C)cccc56)ccc5ccc2c3c54)c2cccc3c2oc2c(C(C)(C)C)cccc23)cc1. The maximum atomic E-state index is 7.11. The summed E-state index contributed by atoms with van der Waals surface area (Å²) in [5, 5.41) is 11.7. The van der Waals surface area contributed by atoms with Crippen LogP contribution in [0, 0.1) is 0 Å². The summed E-state index contributed by atoms with van der Waals surface area (Å²) in [4.78, 5) is 4.82. The van der Waals surface area contributed by atoms with E-state index in [0.29, 0.717) is 0 Å². The Morgan fingerprint density at radius 2 is 0.691 bits per heavy atom. The van der Waals surface area contributed by atoms with Gasteiger partial charge < -0.3 is 18.6 Å². The normalized spacial score (nSPS) is 12.8. The third-order valence-electron chi connectivity index (χ3n) is 14.2. The largest absolute Gasteiger partial charge is 0.454 e. The Bertz CT molecular complexity index is 3910. The topological polar surface area (TPSA) is 32.8 Å². The molecule has 4 nitrogen and oxygen atoms in total. The predicted octanol–water partition coefficient (Wildman–Crippen LogP) is 19.2. The number of benzene rings is 10. The number of furan rings is 2. The third kappa shape index (κ3) is 6.48. The van der Waals surface area contributed by atoms with Gasteiger partial charge in [0.05, 0.1) is 22.7 Å². The number of anilines is 6. The minimum Gasteiger partial charge on any atom is -0.454 e. The minimum absolute atomic E-state index is 0.00903. The van der Waals surface area contributed by atoms with Crippen molar-refractivity contribution in [1.82, 2.24) is 0 Å². The van der Waals surface area contributed by atoms with Gasteiger partial charge in [0.25, 0.3) is 0 Å². The van der Waals surface area contributed by atoms with Crippen molar-refractivity contribution in [3.05, 3.63) is 193 Å². The third-order valence-corrected chi connectivity index (χ3v) is 14.2. The molecule has 0 saturated carbocycles. The number of hydrogen-bond acceptors (Lipinski definition) is 4. The van der Waals surface area contributed by atoms with Crippen LogP contribution >= 0.6 is 0 Å². The highest BCUT2D eigenvalue weighted by atomic mass is 16.3. The van der Waals surface area contributed by atoms with Crippen LogP contribution in [0.2, 0.25) is 0 Å². The lowest BCUT2D eigenvalue weighted by Gasteiger charge is -2.29. The van der Waals surface area contributed by atoms with E-state index < -0.39 is 0 Å². The van der Waals surface area contributed by atoms with Crippen LogP contribution in [0.15, 0.2) is 185 Å². The first kappa shape index (κ1) is 41.8. The molecule has 334 valence electrons. The van der Waals surface area contributed by atoms with Crippen molar-refractivity contribution in [2.45, 2.75) is 78.6 Å². The van der Waals surface area contributed by atoms with Crippen LogP contribution in [0.5, 0.6) is 0 Å². The van der Waals surface area contributed by atoms with Crippen molar-refractivity contribution in [1.29, 1.82) is 0 Å². The fraction of sp³-hybridized carbons (Fsp3) is 0.188. The quantitative estimate of drug-likeness (QED) is 0.156. The Kier molecular flexibility index (Phi) is 9.21. The molecule has 4 heteroatoms. The first-order chi connectivity index (χ1) is 32.6. The lowest BCUT2D eigenvalue weighted by molar-refractivity contribution is 0.572. The van der Waals surface area contributed by atoms with Gasteiger partial charge in [-0.3, -0.25) is 0 Å². The summed E-state index contributed by atoms with van der Waals surface area (Å²) in [5.74, 6) is 0. The Morgan fingerprint density at radius 3 is 1.12 bits per heavy atom. The molecule has 0 fully saturated rings. The molecule has 0 bridgehead atoms. The molecule has 0 atom stereocenters. The average Bonchev–Trinajstić information content (AvgIpc) is 3.91. The van der Waals surface area contributed by atoms with Crippen LogP contribution < -0.4 is 9.80 Å². The fourth-order valence-electron chi connectivity index (χ4n) is 10.8. The number of fused-ring (bicyclic) bond motifs is 6. The molecule has 0 aliphatic rings. The van der Waals surface area contributed by atoms with Gasteiger partial charge in [-0.25, -0.2) is 0 Å². The zero-order valence-electron chi connectivity index (χ0n) is 40.5. The zero-order chi connectivity index (χ0) is 46.9. The van der Waals surface area contributed by atoms with E-state index in [2.05, 4.69) is 248 Å². The van der Waals surface area contributed by atoms with Crippen LogP contribution in [-0.4, -0.2) is 0 Å². The summed E-state index contributed by atoms with van der Waals surface area (Å²) in [6.45, 7) is 20.4. The average molecular weight is 885 g/mol. The second-order valence-corrected chi connectivity index (χ2v) is 21.8. The van der Waals surface area contributed by atoms with E-state index in [1.54, 1.807) is 0 Å². The van der Waals surface area contributed by atoms with Gasteiger partial charge in [0.15, 0.2) is 11.2 Å². The summed E-state index contributed by atoms with van der Waals surface area (Å²) in [7, 11) is 0. The zero-order valence-corrected chi connectivity index (χ0v) is 40.5. The van der Waals surface area contributed by atoms with Crippen LogP contribution in [0.25, 0.3) is 76.2 Å². The standard InChI is InChI=1S/C64H56N2O2/c1-62(2,3)41-31-33-43(34-32-41)66(55-26-16-22-47-45-20-14-24-51(64(7,8)9)59(45)68-61(47)55)53-38-30-40-27-35-48-52(37-29-39-28-36-49(53)57(40)56(39)48)65(42-17-11-10-12-18-42)54-25-15-21-46-44-19-13-23-50(63(4,5)6)58(44)67-60(46)54/h10-38H,1-9H3. The van der Waals surface area contributed by atoms with Gasteiger partial charge >= 0.3 is 0 Å². The predicted molar refractivity (Wildman–Crippen MR) is 290 cm³/mol. The van der Waals surface area contributed by atoms with Crippen LogP contribution in [0.3, 0.4) is 0 Å². The monoisotopic (exact) mass is 884 g/mol. The molecule has 0 radical (unpaired) electrons. The van der Waals surface area contributed by atoms with Gasteiger partial charge in [-0.2, -0.15) is 0 Å². The number of rotatable bonds is 6. The molecule has 2 heterocycles. The Labute approximate surface area is 398 Å². The number of hydrogen-bond donors (Lipinski definition) is 0. The van der Waals surface area contributed by atoms with Gasteiger partial charge in [0.1, 0.15) is 11.2 Å². The van der Waals surface area contributed by atoms with E-state index in [-0.39, 0.29) is 16.2 Å². The summed E-state index contributed by atoms with van der Waals surface area (Å²) in [5.41, 5.74) is 13.5. The van der Waals surface area contributed by atoms with Crippen LogP contribution in [0.1, 0.15) is 79.0 Å². The molecule has 10 aromatic carbocycles. The molecule has 0 unspecified atom stereocenters. The highest BCUT2D eigenvalue weighted by molar-refractivity contribution is 6.29. The maximum Gasteiger partial charge on any atom is 0.159 e. The van der Waals surface area contributed by atoms with Crippen molar-refractivity contribution in [3.8, 4) is 0 Å². The minimum atomic E-state index is -0.0919. The van der Waals surface area contributed by atoms with Crippen molar-refractivity contribution < 1.29 is 8.83 Å². The first-order valence-electron chi connectivity index (χ1n) is 24.0. The lowest BCUT2D eigenvalue weighted by Crippen LogP contribution is -2.13. The molecule has 68 heavy (non-hydrogen) atoms. The Balaban J connectivity index is 1.12. The number of para-hydroxylation sites is 5. The molecule has 0 aliphatic carbocycles. The van der Waals surface area contributed by atoms with E-state index >= 15 is 0 Å². The molecular formula is C64H56N2O2. The number of nitrogens with zero attached hydrogens (tertiary/aromatic N) is 2. The highest BCUT2D eigenvalue weighted by Crippen LogP contribution is 2.51. The second kappa shape index (κ2) is 15.0. The first-order valence-corrected chi connectivity index (χ1v) is 24.0. The molecule has 12 rings (SSSR count). The molecule has 0 N–H and O–H groups in total. The van der Waals surface area contributed by atoms with Crippen molar-refractivity contribution in [3.63, 3.8) is 0 Å². The van der Waals surface area contributed by atoms with Crippen molar-refractivity contribution >= 4 is 110 Å². The maximum absolute atomic E-state index is 7.11. The van der Waals surface area contributed by atoms with Gasteiger partial charge in [0, 0.05) is 54.8 Å². The fourth-order valence-corrected chi connectivity index (χ4v) is 10.8. The molecular weight excluding hydrogens is 829 g/mol. The summed E-state index contributed by atoms with van der Waals surface area (Å²) >= 11 is 0. The van der Waals surface area contributed by atoms with Gasteiger partial charge in [-0.1, -0.05) is 190 Å². The second-order valence-electron chi connectivity index (χ2n) is 21.8. The Hall–Kier alpha value is -7.56. The van der Waals surface area contributed by atoms with Crippen LogP contribution in [0.4, 0.5) is 34.1 Å². The Morgan fingerprint density at radius 1 is 0.294 bits per heavy atom. The molecule has 0 aliphatic heterocycles. The molecule has 2 aromatic heterocycles. The summed E-state index contributed by atoms with van der Waals surface area (Å²) in [6, 6.07) is 64.6. The lowest BCUT2D eigenvalue weighted by atomic mass is 9.86. The van der Waals surface area contributed by atoms with E-state index in [9.17, 15) is 0 Å². The van der Waals surface area contributed by atoms with Gasteiger partial charge in [-0.05, 0) is 91.9 Å². The van der Waals surface area contributed by atoms with Gasteiger partial charge in [-0.15, -0.1) is 0 Å². The smallest absolute Gasteiger partial charge is 0.159 e.